The van der Waals surface area contributed by atoms with Gasteiger partial charge in [-0.25, -0.2) is 57.4 Å². The van der Waals surface area contributed by atoms with Crippen molar-refractivity contribution in [2.75, 3.05) is 31.9 Å². The number of hydrogen-bond acceptors (Lipinski definition) is 24. The van der Waals surface area contributed by atoms with Gasteiger partial charge in [-0.05, 0) is 178 Å². The fraction of sp³-hybridized carbons (Fsp3) is 0.0631. The van der Waals surface area contributed by atoms with Crippen molar-refractivity contribution in [2.45, 2.75) is 48.5 Å². The lowest BCUT2D eigenvalue weighted by molar-refractivity contribution is 0.0126. The maximum absolute atomic E-state index is 13.9. The molecule has 0 aliphatic rings. The molecule has 744 valence electrons. The molecule has 37 heteroatoms. The van der Waals surface area contributed by atoms with E-state index < -0.39 is 58.3 Å². The minimum absolute atomic E-state index is 0. The van der Waals surface area contributed by atoms with Crippen LogP contribution in [0.1, 0.15) is 112 Å². The average molecular weight is 2000 g/mol. The van der Waals surface area contributed by atoms with E-state index in [1.54, 1.807) is 152 Å². The fourth-order valence-corrected chi connectivity index (χ4v) is 12.6. The SMILES string of the molecule is C.C.C#Cc1cccc(C(=O)Nc2cccc(Oc3cccnc3)c2)c1.CC(F)(F)c1cccc(C(=O)Nc2cc(F)cc(Oc3cncnc3)c2)n1.Cc1cccc(C(=O)Nc2cc(F)cc(Oc3cncnc3)c2)c1.Cc1cccc(C(=O)Nc2cccc(Oc3cccnc3)c2)c1.Cc1cccc(C(=O)Nc2cccc(Oc3cccnc3)c2)n1.O=C(Nc1cc(F)c(F)c(Oc2cncnc2)c1)c1cc(F)ccn1. The van der Waals surface area contributed by atoms with E-state index in [0.29, 0.717) is 97.9 Å². The number of nitrogens with zero attached hydrogens (tertiary/aromatic N) is 12. The number of carbonyl (C=O) groups excluding carboxylic acids is 6. The van der Waals surface area contributed by atoms with Crippen molar-refractivity contribution >= 4 is 69.6 Å². The van der Waals surface area contributed by atoms with E-state index in [9.17, 15) is 59.5 Å². The summed E-state index contributed by atoms with van der Waals surface area (Å²) in [6.45, 7) is 6.38. The molecule has 0 spiro atoms. The molecule has 0 radical (unpaired) electrons. The van der Waals surface area contributed by atoms with E-state index in [1.165, 1.54) is 92.6 Å². The summed E-state index contributed by atoms with van der Waals surface area (Å²) in [6, 6.07) is 74.3. The van der Waals surface area contributed by atoms with Crippen molar-refractivity contribution in [1.29, 1.82) is 0 Å². The highest BCUT2D eigenvalue weighted by Gasteiger charge is 2.28. The zero-order valence-electron chi connectivity index (χ0n) is 77.3. The first-order chi connectivity index (χ1) is 70.6. The highest BCUT2D eigenvalue weighted by molar-refractivity contribution is 6.07. The molecule has 18 rings (SSSR count). The van der Waals surface area contributed by atoms with Gasteiger partial charge in [0.1, 0.15) is 105 Å². The van der Waals surface area contributed by atoms with Crippen LogP contribution in [0.2, 0.25) is 0 Å². The fourth-order valence-electron chi connectivity index (χ4n) is 12.6. The molecule has 6 N–H and O–H groups in total. The highest BCUT2D eigenvalue weighted by Crippen LogP contribution is 2.34. The Morgan fingerprint density at radius 2 is 0.662 bits per heavy atom. The number of amides is 6. The van der Waals surface area contributed by atoms with Crippen molar-refractivity contribution in [3.8, 4) is 81.3 Å². The summed E-state index contributed by atoms with van der Waals surface area (Å²) in [5.74, 6) is -3.13. The average Bonchev–Trinajstić information content (AvgIpc) is 0.824. The smallest absolute Gasteiger partial charge is 0.287 e. The number of alkyl halides is 2. The Kier molecular flexibility index (Phi) is 39.5. The van der Waals surface area contributed by atoms with Crippen molar-refractivity contribution in [2.24, 2.45) is 0 Å². The molecule has 0 fully saturated rings. The number of hydrogen-bond donors (Lipinski definition) is 6. The zero-order valence-corrected chi connectivity index (χ0v) is 77.3. The van der Waals surface area contributed by atoms with Crippen LogP contribution in [0.15, 0.2) is 379 Å². The van der Waals surface area contributed by atoms with Crippen LogP contribution in [0, 0.1) is 62.2 Å². The number of nitrogens with one attached hydrogen (secondary N) is 6. The summed E-state index contributed by atoms with van der Waals surface area (Å²) in [5, 5.41) is 15.9. The van der Waals surface area contributed by atoms with Crippen molar-refractivity contribution < 1.29 is 87.9 Å². The summed E-state index contributed by atoms with van der Waals surface area (Å²) in [7, 11) is 0. The van der Waals surface area contributed by atoms with Gasteiger partial charge in [0, 0.05) is 154 Å². The standard InChI is InChI=1S/C20H14N2O2.C19H16N2O2.C18H13F3N4O2.C18H14FN3O2.C18H15N3O2.C16H9F3N4O2.2CH4/c1-2-15-6-3-7-16(12-15)20(23)22-17-8-4-9-18(13-17)24-19-10-5-11-21-14-19;1-14-5-2-6-15(11-14)19(22)21-16-7-3-8-17(12-16)23-18-9-4-10-20-13-18;1-18(20,21)16-4-2-3-15(25-16)17(26)24-12-5-11(19)6-13(7-12)27-14-8-22-10-23-9-14;1-12-3-2-4-13(5-12)18(23)22-15-6-14(19)7-16(8-15)24-17-9-20-11-21-10-17;1-13-5-2-9-17(20-13)18(22)21-14-6-3-7-15(11-14)23-16-8-4-10-19-12-16;17-9-1-2-22-13(3-9)16(24)23-10-4-12(18)15(19)14(5-10)25-11-6-20-8-21-7-11;;/h1,3-14H,(H,22,23);2-13H,1H3,(H,21,22);2-10H,1H3,(H,24,26);2-11H,1H3,(H,22,23);2-12H,1H3,(H,21,22);1-8H,(H,23,24);2*1H4. The van der Waals surface area contributed by atoms with E-state index >= 15 is 0 Å². The molecule has 0 saturated carbocycles. The van der Waals surface area contributed by atoms with Gasteiger partial charge in [-0.15, -0.1) is 6.42 Å². The predicted molar refractivity (Wildman–Crippen MR) is 543 cm³/mol. The maximum atomic E-state index is 13.9. The number of rotatable bonds is 25. The van der Waals surface area contributed by atoms with Crippen LogP contribution in [-0.4, -0.2) is 95.3 Å². The Balaban J connectivity index is 0.000000168. The summed E-state index contributed by atoms with van der Waals surface area (Å²) in [5.41, 5.74) is 6.73. The van der Waals surface area contributed by atoms with E-state index in [2.05, 4.69) is 97.6 Å². The molecule has 30 nitrogen and oxygen atoms in total. The first kappa shape index (κ1) is 108. The summed E-state index contributed by atoms with van der Waals surface area (Å²) in [6.07, 6.45) is 28.5. The van der Waals surface area contributed by atoms with Crippen LogP contribution in [-0.2, 0) is 5.92 Å². The first-order valence-electron chi connectivity index (χ1n) is 43.5. The summed E-state index contributed by atoms with van der Waals surface area (Å²) in [4.78, 5) is 119. The molecule has 0 unspecified atom stereocenters. The molecule has 0 aliphatic heterocycles. The lowest BCUT2D eigenvalue weighted by atomic mass is 10.1. The minimum atomic E-state index is -3.19. The van der Waals surface area contributed by atoms with Gasteiger partial charge in [-0.2, -0.15) is 13.2 Å². The number of pyridine rings is 6. The van der Waals surface area contributed by atoms with Gasteiger partial charge in [0.15, 0.2) is 28.8 Å². The van der Waals surface area contributed by atoms with Gasteiger partial charge in [0.25, 0.3) is 41.4 Å². The van der Waals surface area contributed by atoms with E-state index in [4.69, 9.17) is 34.8 Å². The van der Waals surface area contributed by atoms with Crippen molar-refractivity contribution in [3.63, 3.8) is 0 Å². The maximum Gasteiger partial charge on any atom is 0.287 e. The number of ether oxygens (including phenoxy) is 6. The van der Waals surface area contributed by atoms with Crippen LogP contribution in [0.3, 0.4) is 0 Å². The number of aryl methyl sites for hydroxylation is 3. The molecule has 0 bridgehead atoms. The molecule has 9 aromatic carbocycles. The molecular weight excluding hydrogens is 1910 g/mol. The Hall–Kier alpha value is -20.2. The molecule has 0 aliphatic carbocycles. The van der Waals surface area contributed by atoms with Gasteiger partial charge in [-0.1, -0.05) is 92.6 Å². The molecular formula is C111H89F7N18O12. The first-order valence-corrected chi connectivity index (χ1v) is 43.5. The van der Waals surface area contributed by atoms with E-state index in [1.807, 2.05) is 106 Å². The number of aromatic nitrogens is 12. The number of carbonyl (C=O) groups is 6. The second-order valence-electron chi connectivity index (χ2n) is 30.6. The Morgan fingerprint density at radius 3 is 1.08 bits per heavy atom. The summed E-state index contributed by atoms with van der Waals surface area (Å²) >= 11 is 0. The third-order valence-corrected chi connectivity index (χ3v) is 19.1. The van der Waals surface area contributed by atoms with Crippen LogP contribution in [0.5, 0.6) is 69.0 Å². The second kappa shape index (κ2) is 54.0. The summed E-state index contributed by atoms with van der Waals surface area (Å²) < 4.78 is 128. The van der Waals surface area contributed by atoms with Gasteiger partial charge in [0.2, 0.25) is 5.82 Å². The lowest BCUT2D eigenvalue weighted by Gasteiger charge is -2.11. The number of halogens is 7. The predicted octanol–water partition coefficient (Wildman–Crippen LogP) is 25.1. The number of anilines is 6. The molecule has 0 saturated heterocycles. The quantitative estimate of drug-likeness (QED) is 0.0229. The molecule has 9 aromatic heterocycles. The lowest BCUT2D eigenvalue weighted by Crippen LogP contribution is -2.17. The van der Waals surface area contributed by atoms with Crippen LogP contribution in [0.4, 0.5) is 64.9 Å². The van der Waals surface area contributed by atoms with Gasteiger partial charge in [-0.3, -0.25) is 48.7 Å². The Labute approximate surface area is 844 Å². The molecule has 6 amide bonds. The van der Waals surface area contributed by atoms with Gasteiger partial charge in [0.05, 0.1) is 55.8 Å². The number of benzene rings is 9. The third kappa shape index (κ3) is 34.7. The normalized spacial score (nSPS) is 10.2. The van der Waals surface area contributed by atoms with Gasteiger partial charge >= 0.3 is 0 Å². The van der Waals surface area contributed by atoms with Gasteiger partial charge < -0.3 is 60.3 Å². The molecule has 148 heavy (non-hydrogen) atoms. The van der Waals surface area contributed by atoms with E-state index in [-0.39, 0.29) is 84.2 Å². The molecule has 9 heterocycles. The molecule has 18 aromatic rings. The van der Waals surface area contributed by atoms with Crippen LogP contribution >= 0.6 is 0 Å². The zero-order chi connectivity index (χ0) is 103. The topological polar surface area (TPSA) is 385 Å². The number of terminal acetylenes is 1. The highest BCUT2D eigenvalue weighted by atomic mass is 19.3. The van der Waals surface area contributed by atoms with Crippen LogP contribution < -0.4 is 60.3 Å². The molecule has 0 atom stereocenters. The minimum Gasteiger partial charge on any atom is -0.456 e. The van der Waals surface area contributed by atoms with Crippen molar-refractivity contribution in [3.05, 3.63) is 470 Å². The largest absolute Gasteiger partial charge is 0.456 e. The Bertz CT molecular complexity index is 7460. The monoisotopic (exact) mass is 2000 g/mol. The second-order valence-corrected chi connectivity index (χ2v) is 30.6. The van der Waals surface area contributed by atoms with Crippen molar-refractivity contribution in [1.82, 2.24) is 59.8 Å². The van der Waals surface area contributed by atoms with Crippen LogP contribution in [0.25, 0.3) is 0 Å². The Morgan fingerprint density at radius 1 is 0.304 bits per heavy atom. The third-order valence-electron chi connectivity index (χ3n) is 19.1. The van der Waals surface area contributed by atoms with E-state index in [0.717, 1.165) is 65.5 Å².